The Morgan fingerprint density at radius 3 is 2.82 bits per heavy atom. The number of aryl methyl sites for hydroxylation is 2. The van der Waals surface area contributed by atoms with E-state index >= 15 is 0 Å². The molecule has 0 unspecified atom stereocenters. The van der Waals surface area contributed by atoms with Crippen molar-refractivity contribution >= 4 is 5.95 Å². The molecule has 4 rings (SSSR count). The number of rotatable bonds is 5. The average molecular weight is 381 g/mol. The second-order valence-electron chi connectivity index (χ2n) is 7.71. The fourth-order valence-corrected chi connectivity index (χ4v) is 4.01. The standard InChI is InChI=1S/C20H27N7O/c1-13-18(14(2)28-25-13)17-9-22-20(26(3)4)24-19(17)15-6-5-7-27(10-15)11-16-8-21-12-23-16/h8-9,12,15H,5-7,10-11H2,1-4H3,(H,21,23)/t15-/m1/s1. The van der Waals surface area contributed by atoms with E-state index in [4.69, 9.17) is 9.51 Å². The van der Waals surface area contributed by atoms with Gasteiger partial charge in [0.05, 0.1) is 23.3 Å². The molecule has 1 saturated heterocycles. The molecule has 148 valence electrons. The lowest BCUT2D eigenvalue weighted by Gasteiger charge is -2.33. The summed E-state index contributed by atoms with van der Waals surface area (Å²) < 4.78 is 5.42. The van der Waals surface area contributed by atoms with Crippen molar-refractivity contribution in [3.05, 3.63) is 41.6 Å². The Morgan fingerprint density at radius 1 is 1.29 bits per heavy atom. The minimum Gasteiger partial charge on any atom is -0.361 e. The SMILES string of the molecule is Cc1noc(C)c1-c1cnc(N(C)C)nc1[C@@H]1CCCN(Cc2cnc[nH]2)C1. The molecule has 1 N–H and O–H groups in total. The second-order valence-corrected chi connectivity index (χ2v) is 7.71. The number of aromatic nitrogens is 5. The third-order valence-corrected chi connectivity index (χ3v) is 5.35. The molecule has 1 aliphatic heterocycles. The zero-order valence-electron chi connectivity index (χ0n) is 16.9. The molecule has 0 spiro atoms. The minimum absolute atomic E-state index is 0.335. The highest BCUT2D eigenvalue weighted by Crippen LogP contribution is 2.36. The summed E-state index contributed by atoms with van der Waals surface area (Å²) in [5.41, 5.74) is 5.16. The van der Waals surface area contributed by atoms with E-state index < -0.39 is 0 Å². The number of H-pyrrole nitrogens is 1. The summed E-state index contributed by atoms with van der Waals surface area (Å²) in [6.07, 6.45) is 7.81. The summed E-state index contributed by atoms with van der Waals surface area (Å²) >= 11 is 0. The van der Waals surface area contributed by atoms with Crippen LogP contribution in [0.2, 0.25) is 0 Å². The number of piperidine rings is 1. The smallest absolute Gasteiger partial charge is 0.225 e. The van der Waals surface area contributed by atoms with Gasteiger partial charge in [0.25, 0.3) is 0 Å². The van der Waals surface area contributed by atoms with Crippen LogP contribution in [-0.4, -0.2) is 57.2 Å². The van der Waals surface area contributed by atoms with Gasteiger partial charge in [-0.2, -0.15) is 0 Å². The lowest BCUT2D eigenvalue weighted by molar-refractivity contribution is 0.197. The molecule has 0 bridgehead atoms. The Balaban J connectivity index is 1.69. The van der Waals surface area contributed by atoms with Gasteiger partial charge in [-0.3, -0.25) is 4.90 Å². The number of nitrogens with zero attached hydrogens (tertiary/aromatic N) is 6. The quantitative estimate of drug-likeness (QED) is 0.727. The largest absolute Gasteiger partial charge is 0.361 e. The van der Waals surface area contributed by atoms with Gasteiger partial charge in [-0.05, 0) is 33.2 Å². The molecular formula is C20H27N7O. The van der Waals surface area contributed by atoms with Gasteiger partial charge in [-0.15, -0.1) is 0 Å². The highest BCUT2D eigenvalue weighted by Gasteiger charge is 2.28. The number of likely N-dealkylation sites (tertiary alicyclic amines) is 1. The Hall–Kier alpha value is -2.74. The van der Waals surface area contributed by atoms with Gasteiger partial charge in [-0.25, -0.2) is 15.0 Å². The molecule has 1 fully saturated rings. The van der Waals surface area contributed by atoms with E-state index in [1.807, 2.05) is 45.2 Å². The predicted molar refractivity (Wildman–Crippen MR) is 107 cm³/mol. The normalized spacial score (nSPS) is 17.8. The Labute approximate surface area is 165 Å². The van der Waals surface area contributed by atoms with E-state index in [9.17, 15) is 0 Å². The molecule has 8 nitrogen and oxygen atoms in total. The van der Waals surface area contributed by atoms with Crippen molar-refractivity contribution < 1.29 is 4.52 Å². The highest BCUT2D eigenvalue weighted by atomic mass is 16.5. The summed E-state index contributed by atoms with van der Waals surface area (Å²) in [6.45, 7) is 6.84. The second kappa shape index (κ2) is 7.71. The van der Waals surface area contributed by atoms with Crippen LogP contribution in [0.5, 0.6) is 0 Å². The molecule has 3 aromatic heterocycles. The van der Waals surface area contributed by atoms with E-state index in [1.54, 1.807) is 6.33 Å². The van der Waals surface area contributed by atoms with Gasteiger partial charge in [0.2, 0.25) is 5.95 Å². The van der Waals surface area contributed by atoms with Gasteiger partial charge >= 0.3 is 0 Å². The van der Waals surface area contributed by atoms with Crippen molar-refractivity contribution in [2.45, 2.75) is 39.2 Å². The van der Waals surface area contributed by atoms with Crippen molar-refractivity contribution in [2.24, 2.45) is 0 Å². The van der Waals surface area contributed by atoms with Gasteiger partial charge in [0.1, 0.15) is 5.76 Å². The first kappa shape index (κ1) is 18.6. The first-order chi connectivity index (χ1) is 13.5. The number of anilines is 1. The molecule has 0 aromatic carbocycles. The van der Waals surface area contributed by atoms with Crippen LogP contribution in [0.1, 0.15) is 41.6 Å². The summed E-state index contributed by atoms with van der Waals surface area (Å²) in [4.78, 5) is 21.3. The molecule has 8 heteroatoms. The Kier molecular flexibility index (Phi) is 5.13. The van der Waals surface area contributed by atoms with E-state index in [1.165, 1.54) is 0 Å². The van der Waals surface area contributed by atoms with Crippen LogP contribution < -0.4 is 4.90 Å². The lowest BCUT2D eigenvalue weighted by atomic mass is 9.89. The first-order valence-electron chi connectivity index (χ1n) is 9.70. The first-order valence-corrected chi connectivity index (χ1v) is 9.70. The molecule has 0 saturated carbocycles. The molecule has 0 aliphatic carbocycles. The summed E-state index contributed by atoms with van der Waals surface area (Å²) in [5.74, 6) is 1.88. The maximum atomic E-state index is 5.42. The zero-order chi connectivity index (χ0) is 19.7. The van der Waals surface area contributed by atoms with Crippen molar-refractivity contribution in [2.75, 3.05) is 32.1 Å². The number of nitrogens with one attached hydrogen (secondary N) is 1. The molecule has 0 radical (unpaired) electrons. The van der Waals surface area contributed by atoms with Crippen LogP contribution in [0.3, 0.4) is 0 Å². The van der Waals surface area contributed by atoms with E-state index in [0.29, 0.717) is 5.92 Å². The number of aromatic amines is 1. The van der Waals surface area contributed by atoms with Crippen LogP contribution >= 0.6 is 0 Å². The fraction of sp³-hybridized carbons (Fsp3) is 0.500. The van der Waals surface area contributed by atoms with Gasteiger partial charge in [0.15, 0.2) is 0 Å². The van der Waals surface area contributed by atoms with E-state index in [2.05, 4.69) is 25.0 Å². The topological polar surface area (TPSA) is 87.0 Å². The maximum absolute atomic E-state index is 5.42. The summed E-state index contributed by atoms with van der Waals surface area (Å²) in [6, 6.07) is 0. The van der Waals surface area contributed by atoms with Gasteiger partial charge in [-0.1, -0.05) is 5.16 Å². The molecule has 4 heterocycles. The maximum Gasteiger partial charge on any atom is 0.225 e. The van der Waals surface area contributed by atoms with E-state index in [-0.39, 0.29) is 0 Å². The molecule has 28 heavy (non-hydrogen) atoms. The third kappa shape index (κ3) is 3.64. The highest BCUT2D eigenvalue weighted by molar-refractivity contribution is 5.70. The molecular weight excluding hydrogens is 354 g/mol. The van der Waals surface area contributed by atoms with E-state index in [0.717, 1.165) is 72.4 Å². The molecule has 1 atom stereocenters. The van der Waals surface area contributed by atoms with Crippen molar-refractivity contribution in [3.8, 4) is 11.1 Å². The van der Waals surface area contributed by atoms with Crippen LogP contribution in [0.25, 0.3) is 11.1 Å². The molecule has 3 aromatic rings. The predicted octanol–water partition coefficient (Wildman–Crippen LogP) is 2.92. The number of hydrogen-bond donors (Lipinski definition) is 1. The van der Waals surface area contributed by atoms with Crippen molar-refractivity contribution in [3.63, 3.8) is 0 Å². The fourth-order valence-electron chi connectivity index (χ4n) is 4.01. The van der Waals surface area contributed by atoms with Gasteiger partial charge < -0.3 is 14.4 Å². The van der Waals surface area contributed by atoms with Crippen molar-refractivity contribution in [1.29, 1.82) is 0 Å². The Morgan fingerprint density at radius 2 is 2.14 bits per heavy atom. The van der Waals surface area contributed by atoms with Crippen LogP contribution in [0, 0.1) is 13.8 Å². The van der Waals surface area contributed by atoms with Crippen molar-refractivity contribution in [1.82, 2.24) is 30.0 Å². The minimum atomic E-state index is 0.335. The number of hydrogen-bond acceptors (Lipinski definition) is 7. The Bertz CT molecular complexity index is 913. The summed E-state index contributed by atoms with van der Waals surface area (Å²) in [7, 11) is 3.94. The molecule has 1 aliphatic rings. The average Bonchev–Trinajstić information content (AvgIpc) is 3.31. The summed E-state index contributed by atoms with van der Waals surface area (Å²) in [5, 5.41) is 4.14. The lowest BCUT2D eigenvalue weighted by Crippen LogP contribution is -2.34. The monoisotopic (exact) mass is 381 g/mol. The van der Waals surface area contributed by atoms with Crippen LogP contribution in [-0.2, 0) is 6.54 Å². The third-order valence-electron chi connectivity index (χ3n) is 5.35. The molecule has 0 amide bonds. The zero-order valence-corrected chi connectivity index (χ0v) is 16.9. The van der Waals surface area contributed by atoms with Crippen LogP contribution in [0.15, 0.2) is 23.2 Å². The number of imidazole rings is 1. The van der Waals surface area contributed by atoms with Crippen LogP contribution in [0.4, 0.5) is 5.95 Å². The van der Waals surface area contributed by atoms with Gasteiger partial charge in [0, 0.05) is 56.8 Å².